The van der Waals surface area contributed by atoms with E-state index < -0.39 is 16.8 Å². The average molecular weight is 441 g/mol. The SMILES string of the molecule is C#CCn1c(=NC(=O)C=Cc2ccc([N+](=O)[O-])s2)sc2cc(C(=O)OCC)ccc21. The van der Waals surface area contributed by atoms with E-state index >= 15 is 0 Å². The summed E-state index contributed by atoms with van der Waals surface area (Å²) in [7, 11) is 0. The summed E-state index contributed by atoms with van der Waals surface area (Å²) in [6.45, 7) is 2.20. The van der Waals surface area contributed by atoms with Crippen molar-refractivity contribution in [2.24, 2.45) is 4.99 Å². The normalized spacial score (nSPS) is 11.7. The molecular formula is C20H15N3O5S2. The average Bonchev–Trinajstić information content (AvgIpc) is 3.32. The van der Waals surface area contributed by atoms with Crippen LogP contribution in [0.1, 0.15) is 22.2 Å². The van der Waals surface area contributed by atoms with Gasteiger partial charge in [-0.2, -0.15) is 4.99 Å². The summed E-state index contributed by atoms with van der Waals surface area (Å²) in [5, 5.41) is 10.7. The number of aromatic nitrogens is 1. The molecule has 3 aromatic rings. The summed E-state index contributed by atoms with van der Waals surface area (Å²) in [6, 6.07) is 7.98. The van der Waals surface area contributed by atoms with Gasteiger partial charge in [0.2, 0.25) is 0 Å². The molecule has 0 aliphatic rings. The second-order valence-electron chi connectivity index (χ2n) is 5.79. The zero-order valence-corrected chi connectivity index (χ0v) is 17.4. The molecule has 1 aromatic carbocycles. The summed E-state index contributed by atoms with van der Waals surface area (Å²) >= 11 is 2.18. The Hall–Kier alpha value is -3.55. The van der Waals surface area contributed by atoms with Crippen LogP contribution in [0.15, 0.2) is 41.4 Å². The van der Waals surface area contributed by atoms with Gasteiger partial charge in [0.15, 0.2) is 4.80 Å². The number of rotatable bonds is 6. The fourth-order valence-corrected chi connectivity index (χ4v) is 4.36. The number of nitrogens with zero attached hydrogens (tertiary/aromatic N) is 3. The Kier molecular flexibility index (Phi) is 6.56. The minimum absolute atomic E-state index is 0.00666. The maximum atomic E-state index is 12.3. The van der Waals surface area contributed by atoms with Crippen LogP contribution in [-0.4, -0.2) is 28.0 Å². The van der Waals surface area contributed by atoms with E-state index in [-0.39, 0.29) is 18.2 Å². The monoisotopic (exact) mass is 441 g/mol. The number of thiazole rings is 1. The molecule has 8 nitrogen and oxygen atoms in total. The molecule has 3 rings (SSSR count). The topological polar surface area (TPSA) is 104 Å². The first-order valence-corrected chi connectivity index (χ1v) is 10.3. The summed E-state index contributed by atoms with van der Waals surface area (Å²) in [6.07, 6.45) is 8.17. The van der Waals surface area contributed by atoms with Crippen molar-refractivity contribution in [3.63, 3.8) is 0 Å². The number of benzene rings is 1. The molecular weight excluding hydrogens is 426 g/mol. The number of fused-ring (bicyclic) bond motifs is 1. The van der Waals surface area contributed by atoms with E-state index in [9.17, 15) is 19.7 Å². The predicted molar refractivity (Wildman–Crippen MR) is 115 cm³/mol. The minimum atomic E-state index is -0.533. The molecule has 30 heavy (non-hydrogen) atoms. The number of carbonyl (C=O) groups excluding carboxylic acids is 2. The van der Waals surface area contributed by atoms with Crippen molar-refractivity contribution in [1.82, 2.24) is 4.57 Å². The van der Waals surface area contributed by atoms with Gasteiger partial charge in [-0.05, 0) is 37.3 Å². The number of hydrogen-bond donors (Lipinski definition) is 0. The molecule has 2 aromatic heterocycles. The van der Waals surface area contributed by atoms with Gasteiger partial charge in [0.25, 0.3) is 5.91 Å². The second-order valence-corrected chi connectivity index (χ2v) is 7.90. The van der Waals surface area contributed by atoms with Crippen molar-refractivity contribution >= 4 is 55.8 Å². The van der Waals surface area contributed by atoms with Gasteiger partial charge in [-0.15, -0.1) is 6.42 Å². The van der Waals surface area contributed by atoms with E-state index in [1.54, 1.807) is 35.8 Å². The van der Waals surface area contributed by atoms with Crippen molar-refractivity contribution in [2.75, 3.05) is 6.61 Å². The smallest absolute Gasteiger partial charge is 0.338 e. The highest BCUT2D eigenvalue weighted by Gasteiger charge is 2.12. The first-order chi connectivity index (χ1) is 14.4. The second kappa shape index (κ2) is 9.30. The molecule has 0 fully saturated rings. The third kappa shape index (κ3) is 4.71. The van der Waals surface area contributed by atoms with Gasteiger partial charge in [-0.3, -0.25) is 14.9 Å². The van der Waals surface area contributed by atoms with Gasteiger partial charge in [-0.25, -0.2) is 4.79 Å². The van der Waals surface area contributed by atoms with Crippen molar-refractivity contribution in [2.45, 2.75) is 13.5 Å². The number of hydrogen-bond acceptors (Lipinski definition) is 7. The van der Waals surface area contributed by atoms with E-state index in [4.69, 9.17) is 11.2 Å². The first-order valence-electron chi connectivity index (χ1n) is 8.68. The lowest BCUT2D eigenvalue weighted by Gasteiger charge is -2.02. The van der Waals surface area contributed by atoms with Crippen LogP contribution >= 0.6 is 22.7 Å². The van der Waals surface area contributed by atoms with Crippen LogP contribution in [0.2, 0.25) is 0 Å². The quantitative estimate of drug-likeness (QED) is 0.191. The van der Waals surface area contributed by atoms with E-state index in [1.807, 2.05) is 0 Å². The maximum absolute atomic E-state index is 12.3. The van der Waals surface area contributed by atoms with Crippen molar-refractivity contribution in [3.8, 4) is 12.3 Å². The Balaban J connectivity index is 1.95. The molecule has 0 unspecified atom stereocenters. The lowest BCUT2D eigenvalue weighted by Crippen LogP contribution is -2.15. The Morgan fingerprint density at radius 1 is 1.33 bits per heavy atom. The minimum Gasteiger partial charge on any atom is -0.462 e. The van der Waals surface area contributed by atoms with Gasteiger partial charge in [0, 0.05) is 17.0 Å². The number of carbonyl (C=O) groups is 2. The predicted octanol–water partition coefficient (Wildman–Crippen LogP) is 3.62. The fourth-order valence-electron chi connectivity index (χ4n) is 2.56. The zero-order valence-electron chi connectivity index (χ0n) is 15.7. The van der Waals surface area contributed by atoms with E-state index in [1.165, 1.54) is 29.6 Å². The third-order valence-corrected chi connectivity index (χ3v) is 5.88. The molecule has 0 aliphatic carbocycles. The van der Waals surface area contributed by atoms with Crippen LogP contribution in [0.4, 0.5) is 5.00 Å². The molecule has 0 saturated heterocycles. The number of esters is 1. The lowest BCUT2D eigenvalue weighted by molar-refractivity contribution is -0.380. The molecule has 1 amide bonds. The highest BCUT2D eigenvalue weighted by atomic mass is 32.1. The molecule has 10 heteroatoms. The molecule has 0 spiro atoms. The van der Waals surface area contributed by atoms with Crippen LogP contribution in [0.3, 0.4) is 0 Å². The number of terminal acetylenes is 1. The maximum Gasteiger partial charge on any atom is 0.338 e. The summed E-state index contributed by atoms with van der Waals surface area (Å²) in [4.78, 5) is 39.6. The number of thiophene rings is 1. The Morgan fingerprint density at radius 2 is 2.13 bits per heavy atom. The highest BCUT2D eigenvalue weighted by Crippen LogP contribution is 2.25. The lowest BCUT2D eigenvalue weighted by atomic mass is 10.2. The van der Waals surface area contributed by atoms with Gasteiger partial charge in [-0.1, -0.05) is 28.6 Å². The summed E-state index contributed by atoms with van der Waals surface area (Å²) in [5.41, 5.74) is 1.14. The van der Waals surface area contributed by atoms with Gasteiger partial charge in [0.1, 0.15) is 0 Å². The van der Waals surface area contributed by atoms with Crippen molar-refractivity contribution in [1.29, 1.82) is 0 Å². The molecule has 0 bridgehead atoms. The molecule has 152 valence electrons. The van der Waals surface area contributed by atoms with E-state index in [0.29, 0.717) is 15.2 Å². The molecule has 2 heterocycles. The summed E-state index contributed by atoms with van der Waals surface area (Å²) in [5.74, 6) is 1.57. The van der Waals surface area contributed by atoms with Crippen LogP contribution in [0, 0.1) is 22.5 Å². The number of nitro groups is 1. The molecule has 0 saturated carbocycles. The van der Waals surface area contributed by atoms with Gasteiger partial charge in [0.05, 0.1) is 33.9 Å². The molecule has 0 radical (unpaired) electrons. The largest absolute Gasteiger partial charge is 0.462 e. The summed E-state index contributed by atoms with van der Waals surface area (Å²) < 4.78 is 7.46. The van der Waals surface area contributed by atoms with E-state index in [2.05, 4.69) is 10.9 Å². The third-order valence-electron chi connectivity index (χ3n) is 3.83. The number of amides is 1. The van der Waals surface area contributed by atoms with Crippen molar-refractivity contribution < 1.29 is 19.2 Å². The van der Waals surface area contributed by atoms with E-state index in [0.717, 1.165) is 21.6 Å². The van der Waals surface area contributed by atoms with Crippen LogP contribution in [0.5, 0.6) is 0 Å². The Morgan fingerprint density at radius 3 is 2.80 bits per heavy atom. The molecule has 0 atom stereocenters. The van der Waals surface area contributed by atoms with Crippen LogP contribution < -0.4 is 4.80 Å². The Bertz CT molecular complexity index is 1270. The van der Waals surface area contributed by atoms with Crippen LogP contribution in [-0.2, 0) is 16.1 Å². The van der Waals surface area contributed by atoms with Gasteiger partial charge < -0.3 is 9.30 Å². The van der Waals surface area contributed by atoms with Gasteiger partial charge >= 0.3 is 11.0 Å². The standard InChI is InChI=1S/C20H15N3O5S2/c1-3-11-22-15-8-5-13(19(25)28-4-2)12-16(15)30-20(22)21-17(24)9-6-14-7-10-18(29-14)23(26)27/h1,5-10,12H,4,11H2,2H3. The highest BCUT2D eigenvalue weighted by molar-refractivity contribution is 7.16. The van der Waals surface area contributed by atoms with Crippen molar-refractivity contribution in [3.05, 3.63) is 61.8 Å². The fraction of sp³-hybridized carbons (Fsp3) is 0.150. The molecule has 0 N–H and O–H groups in total. The molecule has 0 aliphatic heterocycles. The zero-order chi connectivity index (χ0) is 21.7. The number of ether oxygens (including phenoxy) is 1. The Labute approximate surface area is 178 Å². The van der Waals surface area contributed by atoms with Crippen LogP contribution in [0.25, 0.3) is 16.3 Å². The first kappa shape index (κ1) is 21.2.